The SMILES string of the molecule is COCc1ncccc1C1CC1. The summed E-state index contributed by atoms with van der Waals surface area (Å²) < 4.78 is 5.08. The van der Waals surface area contributed by atoms with E-state index in [-0.39, 0.29) is 0 Å². The highest BCUT2D eigenvalue weighted by molar-refractivity contribution is 5.27. The summed E-state index contributed by atoms with van der Waals surface area (Å²) >= 11 is 0. The van der Waals surface area contributed by atoms with E-state index in [2.05, 4.69) is 11.1 Å². The Morgan fingerprint density at radius 3 is 3.08 bits per heavy atom. The Balaban J connectivity index is 2.24. The number of nitrogens with zero attached hydrogens (tertiary/aromatic N) is 1. The molecular weight excluding hydrogens is 150 g/mol. The standard InChI is InChI=1S/C10H13NO/c1-12-7-10-9(8-4-5-8)3-2-6-11-10/h2-3,6,8H,4-5,7H2,1H3. The van der Waals surface area contributed by atoms with Crippen LogP contribution in [0.5, 0.6) is 0 Å². The van der Waals surface area contributed by atoms with Gasteiger partial charge in [-0.3, -0.25) is 4.98 Å². The first-order valence-electron chi connectivity index (χ1n) is 4.34. The van der Waals surface area contributed by atoms with Gasteiger partial charge in [0.2, 0.25) is 0 Å². The molecule has 12 heavy (non-hydrogen) atoms. The van der Waals surface area contributed by atoms with E-state index in [1.54, 1.807) is 7.11 Å². The van der Waals surface area contributed by atoms with Crippen LogP contribution in [0, 0.1) is 0 Å². The Labute approximate surface area is 72.6 Å². The van der Waals surface area contributed by atoms with E-state index in [4.69, 9.17) is 4.74 Å². The maximum Gasteiger partial charge on any atom is 0.0886 e. The van der Waals surface area contributed by atoms with Crippen molar-refractivity contribution >= 4 is 0 Å². The molecule has 1 aromatic rings. The lowest BCUT2D eigenvalue weighted by atomic mass is 10.1. The van der Waals surface area contributed by atoms with Crippen LogP contribution in [-0.2, 0) is 11.3 Å². The van der Waals surface area contributed by atoms with Crippen molar-refractivity contribution in [3.63, 3.8) is 0 Å². The van der Waals surface area contributed by atoms with E-state index < -0.39 is 0 Å². The van der Waals surface area contributed by atoms with Crippen LogP contribution < -0.4 is 0 Å². The Morgan fingerprint density at radius 2 is 2.42 bits per heavy atom. The van der Waals surface area contributed by atoms with Gasteiger partial charge in [-0.15, -0.1) is 0 Å². The van der Waals surface area contributed by atoms with Gasteiger partial charge < -0.3 is 4.74 Å². The molecule has 0 unspecified atom stereocenters. The molecule has 0 amide bonds. The first kappa shape index (κ1) is 7.74. The Kier molecular flexibility index (Phi) is 2.09. The minimum absolute atomic E-state index is 0.646. The topological polar surface area (TPSA) is 22.1 Å². The Morgan fingerprint density at radius 1 is 1.58 bits per heavy atom. The molecule has 2 rings (SSSR count). The molecule has 2 heteroatoms. The number of rotatable bonds is 3. The second-order valence-corrected chi connectivity index (χ2v) is 3.25. The van der Waals surface area contributed by atoms with E-state index >= 15 is 0 Å². The molecule has 0 atom stereocenters. The monoisotopic (exact) mass is 163 g/mol. The number of methoxy groups -OCH3 is 1. The smallest absolute Gasteiger partial charge is 0.0886 e. The number of hydrogen-bond acceptors (Lipinski definition) is 2. The summed E-state index contributed by atoms with van der Waals surface area (Å²) in [5.41, 5.74) is 2.50. The van der Waals surface area contributed by atoms with Crippen molar-refractivity contribution < 1.29 is 4.74 Å². The van der Waals surface area contributed by atoms with Crippen LogP contribution in [0.3, 0.4) is 0 Å². The molecule has 1 saturated carbocycles. The highest BCUT2D eigenvalue weighted by atomic mass is 16.5. The van der Waals surface area contributed by atoms with Crippen LogP contribution in [-0.4, -0.2) is 12.1 Å². The van der Waals surface area contributed by atoms with Crippen molar-refractivity contribution in [1.82, 2.24) is 4.98 Å². The normalized spacial score (nSPS) is 16.4. The quantitative estimate of drug-likeness (QED) is 0.680. The third-order valence-electron chi connectivity index (χ3n) is 2.22. The molecule has 1 aliphatic rings. The second-order valence-electron chi connectivity index (χ2n) is 3.25. The van der Waals surface area contributed by atoms with Gasteiger partial charge in [-0.2, -0.15) is 0 Å². The van der Waals surface area contributed by atoms with Crippen molar-refractivity contribution in [3.8, 4) is 0 Å². The minimum atomic E-state index is 0.646. The zero-order valence-electron chi connectivity index (χ0n) is 7.29. The minimum Gasteiger partial charge on any atom is -0.378 e. The molecule has 2 nitrogen and oxygen atoms in total. The van der Waals surface area contributed by atoms with Crippen LogP contribution in [0.1, 0.15) is 30.0 Å². The molecule has 1 heterocycles. The van der Waals surface area contributed by atoms with Crippen molar-refractivity contribution in [2.24, 2.45) is 0 Å². The summed E-state index contributed by atoms with van der Waals surface area (Å²) in [4.78, 5) is 4.30. The zero-order valence-corrected chi connectivity index (χ0v) is 7.29. The average molecular weight is 163 g/mol. The summed E-state index contributed by atoms with van der Waals surface area (Å²) in [5.74, 6) is 0.767. The summed E-state index contributed by atoms with van der Waals surface area (Å²) in [6.45, 7) is 0.646. The molecule has 64 valence electrons. The number of pyridine rings is 1. The Hall–Kier alpha value is -0.890. The molecule has 1 aromatic heterocycles. The molecule has 0 aliphatic heterocycles. The summed E-state index contributed by atoms with van der Waals surface area (Å²) in [7, 11) is 1.71. The second kappa shape index (κ2) is 3.23. The fraction of sp³-hybridized carbons (Fsp3) is 0.500. The largest absolute Gasteiger partial charge is 0.378 e. The fourth-order valence-corrected chi connectivity index (χ4v) is 1.47. The van der Waals surface area contributed by atoms with Gasteiger partial charge in [0.1, 0.15) is 0 Å². The van der Waals surface area contributed by atoms with Gasteiger partial charge in [-0.25, -0.2) is 0 Å². The fourth-order valence-electron chi connectivity index (χ4n) is 1.47. The summed E-state index contributed by atoms with van der Waals surface area (Å²) in [6.07, 6.45) is 4.48. The molecule has 1 fully saturated rings. The van der Waals surface area contributed by atoms with Gasteiger partial charge in [-0.1, -0.05) is 6.07 Å². The number of ether oxygens (including phenoxy) is 1. The third-order valence-corrected chi connectivity index (χ3v) is 2.22. The van der Waals surface area contributed by atoms with Crippen LogP contribution in [0.4, 0.5) is 0 Å². The van der Waals surface area contributed by atoms with Gasteiger partial charge in [-0.05, 0) is 30.4 Å². The molecule has 0 spiro atoms. The van der Waals surface area contributed by atoms with Crippen molar-refractivity contribution in [2.45, 2.75) is 25.4 Å². The average Bonchev–Trinajstić information content (AvgIpc) is 2.89. The molecule has 0 aromatic carbocycles. The Bertz CT molecular complexity index is 268. The predicted octanol–water partition coefficient (Wildman–Crippen LogP) is 2.11. The van der Waals surface area contributed by atoms with Crippen molar-refractivity contribution in [1.29, 1.82) is 0 Å². The van der Waals surface area contributed by atoms with Gasteiger partial charge in [0, 0.05) is 13.3 Å². The molecular formula is C10H13NO. The highest BCUT2D eigenvalue weighted by Gasteiger charge is 2.25. The zero-order chi connectivity index (χ0) is 8.39. The maximum absolute atomic E-state index is 5.08. The van der Waals surface area contributed by atoms with Crippen LogP contribution in [0.2, 0.25) is 0 Å². The first-order chi connectivity index (χ1) is 5.92. The van der Waals surface area contributed by atoms with Crippen molar-refractivity contribution in [3.05, 3.63) is 29.6 Å². The highest BCUT2D eigenvalue weighted by Crippen LogP contribution is 2.41. The molecule has 1 aliphatic carbocycles. The van der Waals surface area contributed by atoms with Crippen LogP contribution in [0.25, 0.3) is 0 Å². The first-order valence-corrected chi connectivity index (χ1v) is 4.34. The molecule has 0 radical (unpaired) electrons. The van der Waals surface area contributed by atoms with Crippen LogP contribution >= 0.6 is 0 Å². The van der Waals surface area contributed by atoms with E-state index in [0.717, 1.165) is 11.6 Å². The third kappa shape index (κ3) is 1.48. The van der Waals surface area contributed by atoms with E-state index in [0.29, 0.717) is 6.61 Å². The molecule has 0 N–H and O–H groups in total. The summed E-state index contributed by atoms with van der Waals surface area (Å²) in [5, 5.41) is 0. The van der Waals surface area contributed by atoms with E-state index in [9.17, 15) is 0 Å². The van der Waals surface area contributed by atoms with Crippen molar-refractivity contribution in [2.75, 3.05) is 7.11 Å². The predicted molar refractivity (Wildman–Crippen MR) is 46.9 cm³/mol. The van der Waals surface area contributed by atoms with E-state index in [1.807, 2.05) is 12.3 Å². The molecule has 0 bridgehead atoms. The maximum atomic E-state index is 5.08. The van der Waals surface area contributed by atoms with Gasteiger partial charge in [0.05, 0.1) is 12.3 Å². The lowest BCUT2D eigenvalue weighted by molar-refractivity contribution is 0.180. The lowest BCUT2D eigenvalue weighted by Crippen LogP contribution is -1.97. The van der Waals surface area contributed by atoms with Gasteiger partial charge in [0.15, 0.2) is 0 Å². The number of aromatic nitrogens is 1. The lowest BCUT2D eigenvalue weighted by Gasteiger charge is -2.04. The van der Waals surface area contributed by atoms with Gasteiger partial charge in [0.25, 0.3) is 0 Å². The number of hydrogen-bond donors (Lipinski definition) is 0. The van der Waals surface area contributed by atoms with E-state index in [1.165, 1.54) is 18.4 Å². The molecule has 0 saturated heterocycles. The summed E-state index contributed by atoms with van der Waals surface area (Å²) in [6, 6.07) is 4.17. The van der Waals surface area contributed by atoms with Gasteiger partial charge >= 0.3 is 0 Å². The van der Waals surface area contributed by atoms with Crippen LogP contribution in [0.15, 0.2) is 18.3 Å².